The monoisotopic (exact) mass is 437 g/mol. The molecule has 0 unspecified atom stereocenters. The smallest absolute Gasteiger partial charge is 0.215 e. The molecule has 0 bridgehead atoms. The quantitative estimate of drug-likeness (QED) is 0.433. The normalized spacial score (nSPS) is 16.8. The summed E-state index contributed by atoms with van der Waals surface area (Å²) in [6, 6.07) is 9.06. The molecular weight excluding hydrogens is 398 g/mol. The first-order valence-electron chi connectivity index (χ1n) is 11.2. The van der Waals surface area contributed by atoms with Crippen LogP contribution in [0.3, 0.4) is 0 Å². The molecule has 0 saturated carbocycles. The highest BCUT2D eigenvalue weighted by Gasteiger charge is 2.21. The van der Waals surface area contributed by atoms with Crippen LogP contribution in [-0.2, 0) is 16.6 Å². The van der Waals surface area contributed by atoms with Crippen LogP contribution in [-0.4, -0.2) is 74.6 Å². The molecule has 1 heterocycles. The molecule has 1 aromatic rings. The molecule has 1 fully saturated rings. The zero-order valence-electron chi connectivity index (χ0n) is 19.0. The summed E-state index contributed by atoms with van der Waals surface area (Å²) in [4.78, 5) is 7.01. The minimum absolute atomic E-state index is 0.0419. The number of nitrogens with one attached hydrogen (secondary N) is 2. The van der Waals surface area contributed by atoms with Gasteiger partial charge in [-0.2, -0.15) is 0 Å². The molecule has 0 atom stereocenters. The Morgan fingerprint density at radius 2 is 1.90 bits per heavy atom. The lowest BCUT2D eigenvalue weighted by molar-refractivity contribution is 0.198. The molecule has 8 heteroatoms. The molecule has 0 aromatic heterocycles. The Hall–Kier alpha value is -1.64. The van der Waals surface area contributed by atoms with Gasteiger partial charge in [-0.15, -0.1) is 0 Å². The van der Waals surface area contributed by atoms with Crippen molar-refractivity contribution >= 4 is 16.0 Å². The number of sulfonamides is 1. The van der Waals surface area contributed by atoms with E-state index in [0.29, 0.717) is 25.1 Å². The molecule has 0 radical (unpaired) electrons. The van der Waals surface area contributed by atoms with Gasteiger partial charge in [0.15, 0.2) is 5.96 Å². The van der Waals surface area contributed by atoms with E-state index in [1.54, 1.807) is 0 Å². The van der Waals surface area contributed by atoms with E-state index in [-0.39, 0.29) is 12.3 Å². The van der Waals surface area contributed by atoms with E-state index in [1.165, 1.54) is 15.4 Å². The summed E-state index contributed by atoms with van der Waals surface area (Å²) in [5, 5.41) is 6.75. The molecule has 2 rings (SSSR count). The Labute approximate surface area is 183 Å². The van der Waals surface area contributed by atoms with Crippen molar-refractivity contribution in [3.63, 3.8) is 0 Å². The molecule has 0 aliphatic carbocycles. The molecule has 0 amide bonds. The van der Waals surface area contributed by atoms with Crippen molar-refractivity contribution < 1.29 is 8.42 Å². The average Bonchev–Trinajstić information content (AvgIpc) is 2.70. The SMILES string of the molecule is CCNC(=NCCS(=O)(=O)N(CC)CC)NC1CCN(Cc2cccc(C)c2)CC1. The van der Waals surface area contributed by atoms with Crippen molar-refractivity contribution in [1.29, 1.82) is 0 Å². The van der Waals surface area contributed by atoms with Gasteiger partial charge >= 0.3 is 0 Å². The van der Waals surface area contributed by atoms with Crippen molar-refractivity contribution in [2.75, 3.05) is 45.0 Å². The maximum Gasteiger partial charge on any atom is 0.215 e. The third-order valence-electron chi connectivity index (χ3n) is 5.48. The number of aliphatic imine (C=N–C) groups is 1. The van der Waals surface area contributed by atoms with Crippen LogP contribution in [0.5, 0.6) is 0 Å². The fourth-order valence-electron chi connectivity index (χ4n) is 3.84. The Morgan fingerprint density at radius 1 is 1.20 bits per heavy atom. The summed E-state index contributed by atoms with van der Waals surface area (Å²) in [5.74, 6) is 0.754. The van der Waals surface area contributed by atoms with E-state index >= 15 is 0 Å². The molecule has 7 nitrogen and oxygen atoms in total. The van der Waals surface area contributed by atoms with Crippen LogP contribution in [0.2, 0.25) is 0 Å². The van der Waals surface area contributed by atoms with Crippen LogP contribution in [0.1, 0.15) is 44.7 Å². The van der Waals surface area contributed by atoms with Gasteiger partial charge in [-0.25, -0.2) is 12.7 Å². The van der Waals surface area contributed by atoms with Gasteiger partial charge in [-0.05, 0) is 32.3 Å². The molecule has 1 saturated heterocycles. The third-order valence-corrected chi connectivity index (χ3v) is 7.48. The second-order valence-corrected chi connectivity index (χ2v) is 9.93. The standard InChI is InChI=1S/C22H39N5O2S/c1-5-23-22(24-13-16-30(28,29)27(6-2)7-3)25-21-11-14-26(15-12-21)18-20-10-8-9-19(4)17-20/h8-10,17,21H,5-7,11-16,18H2,1-4H3,(H2,23,24,25). The van der Waals surface area contributed by atoms with Gasteiger partial charge in [-0.1, -0.05) is 43.7 Å². The van der Waals surface area contributed by atoms with E-state index < -0.39 is 10.0 Å². The van der Waals surface area contributed by atoms with Crippen molar-refractivity contribution in [1.82, 2.24) is 19.8 Å². The van der Waals surface area contributed by atoms with Gasteiger partial charge in [-0.3, -0.25) is 9.89 Å². The summed E-state index contributed by atoms with van der Waals surface area (Å²) in [5.41, 5.74) is 2.67. The number of guanidine groups is 1. The number of piperidine rings is 1. The zero-order valence-corrected chi connectivity index (χ0v) is 19.8. The molecule has 1 aromatic carbocycles. The first-order chi connectivity index (χ1) is 14.4. The van der Waals surface area contributed by atoms with Crippen molar-refractivity contribution in [2.24, 2.45) is 4.99 Å². The van der Waals surface area contributed by atoms with Crippen LogP contribution >= 0.6 is 0 Å². The second kappa shape index (κ2) is 12.3. The Kier molecular flexibility index (Phi) is 10.1. The molecular formula is C22H39N5O2S. The first-order valence-corrected chi connectivity index (χ1v) is 12.8. The number of hydrogen-bond acceptors (Lipinski definition) is 4. The maximum absolute atomic E-state index is 12.3. The lowest BCUT2D eigenvalue weighted by Gasteiger charge is -2.33. The van der Waals surface area contributed by atoms with Crippen LogP contribution in [0, 0.1) is 6.92 Å². The van der Waals surface area contributed by atoms with Crippen molar-refractivity contribution in [2.45, 2.75) is 53.1 Å². The van der Waals surface area contributed by atoms with E-state index in [4.69, 9.17) is 0 Å². The predicted molar refractivity (Wildman–Crippen MR) is 125 cm³/mol. The second-order valence-electron chi connectivity index (χ2n) is 7.84. The average molecular weight is 438 g/mol. The minimum atomic E-state index is -3.24. The summed E-state index contributed by atoms with van der Waals surface area (Å²) in [6.45, 7) is 13.0. The molecule has 30 heavy (non-hydrogen) atoms. The highest BCUT2D eigenvalue weighted by atomic mass is 32.2. The number of nitrogens with zero attached hydrogens (tertiary/aromatic N) is 3. The van der Waals surface area contributed by atoms with Crippen LogP contribution in [0.25, 0.3) is 0 Å². The number of aryl methyl sites for hydroxylation is 1. The van der Waals surface area contributed by atoms with Crippen molar-refractivity contribution in [3.05, 3.63) is 35.4 Å². The van der Waals surface area contributed by atoms with E-state index in [1.807, 2.05) is 20.8 Å². The van der Waals surface area contributed by atoms with Crippen LogP contribution in [0.15, 0.2) is 29.3 Å². The first kappa shape index (κ1) is 24.6. The van der Waals surface area contributed by atoms with Gasteiger partial charge in [0.25, 0.3) is 0 Å². The Balaban J connectivity index is 1.83. The summed E-state index contributed by atoms with van der Waals surface area (Å²) in [7, 11) is -3.24. The molecule has 0 spiro atoms. The maximum atomic E-state index is 12.3. The number of rotatable bonds is 10. The van der Waals surface area contributed by atoms with Crippen LogP contribution < -0.4 is 10.6 Å². The third kappa shape index (κ3) is 7.89. The molecule has 170 valence electrons. The Bertz CT molecular complexity index is 769. The molecule has 2 N–H and O–H groups in total. The molecule has 1 aliphatic rings. The summed E-state index contributed by atoms with van der Waals surface area (Å²) >= 11 is 0. The Morgan fingerprint density at radius 3 is 2.50 bits per heavy atom. The topological polar surface area (TPSA) is 77.0 Å². The van der Waals surface area contributed by atoms with Crippen LogP contribution in [0.4, 0.5) is 0 Å². The van der Waals surface area contributed by atoms with E-state index in [2.05, 4.69) is 51.7 Å². The van der Waals surface area contributed by atoms with E-state index in [0.717, 1.165) is 39.0 Å². The highest BCUT2D eigenvalue weighted by molar-refractivity contribution is 7.89. The van der Waals surface area contributed by atoms with Gasteiger partial charge in [0.05, 0.1) is 12.3 Å². The lowest BCUT2D eigenvalue weighted by atomic mass is 10.0. The fraction of sp³-hybridized carbons (Fsp3) is 0.682. The minimum Gasteiger partial charge on any atom is -0.357 e. The zero-order chi connectivity index (χ0) is 22.0. The summed E-state index contributed by atoms with van der Waals surface area (Å²) in [6.07, 6.45) is 2.10. The summed E-state index contributed by atoms with van der Waals surface area (Å²) < 4.78 is 26.2. The van der Waals surface area contributed by atoms with Gasteiger partial charge in [0.2, 0.25) is 10.0 Å². The molecule has 1 aliphatic heterocycles. The van der Waals surface area contributed by atoms with Crippen molar-refractivity contribution in [3.8, 4) is 0 Å². The van der Waals surface area contributed by atoms with E-state index in [9.17, 15) is 8.42 Å². The predicted octanol–water partition coefficient (Wildman–Crippen LogP) is 2.19. The number of hydrogen-bond donors (Lipinski definition) is 2. The van der Waals surface area contributed by atoms with Gasteiger partial charge in [0.1, 0.15) is 0 Å². The van der Waals surface area contributed by atoms with Gasteiger partial charge in [0, 0.05) is 45.3 Å². The number of likely N-dealkylation sites (tertiary alicyclic amines) is 1. The lowest BCUT2D eigenvalue weighted by Crippen LogP contribution is -2.48. The number of benzene rings is 1. The highest BCUT2D eigenvalue weighted by Crippen LogP contribution is 2.14. The largest absolute Gasteiger partial charge is 0.357 e. The van der Waals surface area contributed by atoms with Gasteiger partial charge < -0.3 is 10.6 Å². The fourth-order valence-corrected chi connectivity index (χ4v) is 5.20.